The van der Waals surface area contributed by atoms with E-state index < -0.39 is 5.97 Å². The minimum Gasteiger partial charge on any atom is -0.478 e. The summed E-state index contributed by atoms with van der Waals surface area (Å²) in [5.74, 6) is -0.901. The molecule has 1 aliphatic rings. The van der Waals surface area contributed by atoms with Crippen LogP contribution in [0.5, 0.6) is 0 Å². The molecule has 0 aromatic heterocycles. The Labute approximate surface area is 131 Å². The summed E-state index contributed by atoms with van der Waals surface area (Å²) in [6.45, 7) is 1.86. The molecule has 1 N–H and O–H groups in total. The zero-order valence-electron chi connectivity index (χ0n) is 12.5. The predicted molar refractivity (Wildman–Crippen MR) is 87.6 cm³/mol. The second-order valence-electron chi connectivity index (χ2n) is 5.78. The Balaban J connectivity index is 2.17. The van der Waals surface area contributed by atoms with Gasteiger partial charge in [0.25, 0.3) is 0 Å². The number of hydrogen-bond acceptors (Lipinski definition) is 2. The second kappa shape index (κ2) is 8.28. The van der Waals surface area contributed by atoms with Crippen molar-refractivity contribution in [1.82, 2.24) is 0 Å². The van der Waals surface area contributed by atoms with E-state index in [9.17, 15) is 9.90 Å². The molecule has 116 valence electrons. The number of anilines is 1. The summed E-state index contributed by atoms with van der Waals surface area (Å²) in [6.07, 6.45) is 9.96. The zero-order chi connectivity index (χ0) is 15.1. The number of carboxylic acids is 1. The van der Waals surface area contributed by atoms with Crippen molar-refractivity contribution in [3.8, 4) is 0 Å². The molecule has 1 fully saturated rings. The topological polar surface area (TPSA) is 40.5 Å². The first-order valence-electron chi connectivity index (χ1n) is 7.96. The Morgan fingerprint density at radius 3 is 2.00 bits per heavy atom. The summed E-state index contributed by atoms with van der Waals surface area (Å²) in [4.78, 5) is 13.7. The number of halogens is 1. The van der Waals surface area contributed by atoms with Crippen molar-refractivity contribution < 1.29 is 9.90 Å². The molecule has 1 aromatic carbocycles. The first-order valence-corrected chi connectivity index (χ1v) is 8.34. The van der Waals surface area contributed by atoms with Crippen LogP contribution < -0.4 is 4.90 Å². The SMILES string of the molecule is O=C(O)c1cc(Cl)ccc1N1CCCCCCCCCC1. The molecule has 0 amide bonds. The number of nitrogens with zero attached hydrogens (tertiary/aromatic N) is 1. The minimum absolute atomic E-state index is 0.317. The van der Waals surface area contributed by atoms with Crippen molar-refractivity contribution in [2.45, 2.75) is 51.4 Å². The fourth-order valence-electron chi connectivity index (χ4n) is 2.97. The Kier molecular flexibility index (Phi) is 6.37. The van der Waals surface area contributed by atoms with E-state index >= 15 is 0 Å². The molecule has 1 saturated heterocycles. The highest BCUT2D eigenvalue weighted by Gasteiger charge is 2.16. The van der Waals surface area contributed by atoms with Gasteiger partial charge in [-0.15, -0.1) is 0 Å². The lowest BCUT2D eigenvalue weighted by Crippen LogP contribution is -2.27. The molecular weight excluding hydrogens is 286 g/mol. The molecule has 21 heavy (non-hydrogen) atoms. The van der Waals surface area contributed by atoms with Gasteiger partial charge in [-0.3, -0.25) is 0 Å². The Morgan fingerprint density at radius 2 is 1.48 bits per heavy atom. The van der Waals surface area contributed by atoms with Crippen LogP contribution in [0.2, 0.25) is 5.02 Å². The van der Waals surface area contributed by atoms with Gasteiger partial charge in [-0.2, -0.15) is 0 Å². The number of hydrogen-bond donors (Lipinski definition) is 1. The fraction of sp³-hybridized carbons (Fsp3) is 0.588. The molecule has 1 aliphatic heterocycles. The normalized spacial score (nSPS) is 18.0. The summed E-state index contributed by atoms with van der Waals surface area (Å²) in [5.41, 5.74) is 1.13. The van der Waals surface area contributed by atoms with Gasteiger partial charge in [-0.25, -0.2) is 4.79 Å². The van der Waals surface area contributed by atoms with Crippen molar-refractivity contribution in [2.75, 3.05) is 18.0 Å². The average molecular weight is 310 g/mol. The van der Waals surface area contributed by atoms with Crippen LogP contribution in [0, 0.1) is 0 Å². The van der Waals surface area contributed by atoms with Crippen molar-refractivity contribution in [3.05, 3.63) is 28.8 Å². The molecule has 0 spiro atoms. The van der Waals surface area contributed by atoms with E-state index in [1.54, 1.807) is 12.1 Å². The Morgan fingerprint density at radius 1 is 0.952 bits per heavy atom. The van der Waals surface area contributed by atoms with Gasteiger partial charge < -0.3 is 10.0 Å². The average Bonchev–Trinajstić information content (AvgIpc) is 2.52. The van der Waals surface area contributed by atoms with Gasteiger partial charge in [0.1, 0.15) is 0 Å². The van der Waals surface area contributed by atoms with Gasteiger partial charge in [0.05, 0.1) is 11.3 Å². The minimum atomic E-state index is -0.901. The van der Waals surface area contributed by atoms with Crippen LogP contribution >= 0.6 is 11.6 Å². The molecule has 0 aliphatic carbocycles. The van der Waals surface area contributed by atoms with Crippen molar-refractivity contribution in [2.24, 2.45) is 0 Å². The van der Waals surface area contributed by atoms with E-state index in [1.807, 2.05) is 6.07 Å². The Hall–Kier alpha value is -1.22. The highest BCUT2D eigenvalue weighted by atomic mass is 35.5. The maximum absolute atomic E-state index is 11.5. The third-order valence-electron chi connectivity index (χ3n) is 4.14. The van der Waals surface area contributed by atoms with E-state index in [1.165, 1.54) is 38.5 Å². The number of carboxylic acid groups (broad SMARTS) is 1. The van der Waals surface area contributed by atoms with E-state index in [-0.39, 0.29) is 0 Å². The van der Waals surface area contributed by atoms with Crippen LogP contribution in [-0.2, 0) is 0 Å². The van der Waals surface area contributed by atoms with E-state index in [0.717, 1.165) is 31.6 Å². The lowest BCUT2D eigenvalue weighted by molar-refractivity contribution is 0.0697. The van der Waals surface area contributed by atoms with E-state index in [2.05, 4.69) is 4.90 Å². The molecule has 0 bridgehead atoms. The van der Waals surface area contributed by atoms with Crippen molar-refractivity contribution in [3.63, 3.8) is 0 Å². The van der Waals surface area contributed by atoms with Crippen LogP contribution in [0.4, 0.5) is 5.69 Å². The standard InChI is InChI=1S/C17H24ClNO2/c18-14-9-10-16(15(13-14)17(20)21)19-11-7-5-3-1-2-4-6-8-12-19/h9-10,13H,1-8,11-12H2,(H,20,21). The summed E-state index contributed by atoms with van der Waals surface area (Å²) in [6, 6.07) is 5.20. The van der Waals surface area contributed by atoms with E-state index in [4.69, 9.17) is 11.6 Å². The molecule has 2 rings (SSSR count). The van der Waals surface area contributed by atoms with Gasteiger partial charge in [-0.1, -0.05) is 50.1 Å². The van der Waals surface area contributed by atoms with Crippen LogP contribution in [0.3, 0.4) is 0 Å². The fourth-order valence-corrected chi connectivity index (χ4v) is 3.15. The highest BCUT2D eigenvalue weighted by Crippen LogP contribution is 2.26. The third-order valence-corrected chi connectivity index (χ3v) is 4.37. The van der Waals surface area contributed by atoms with Crippen molar-refractivity contribution in [1.29, 1.82) is 0 Å². The smallest absolute Gasteiger partial charge is 0.337 e. The van der Waals surface area contributed by atoms with Crippen molar-refractivity contribution >= 4 is 23.3 Å². The Bertz CT molecular complexity index is 464. The second-order valence-corrected chi connectivity index (χ2v) is 6.22. The highest BCUT2D eigenvalue weighted by molar-refractivity contribution is 6.31. The largest absolute Gasteiger partial charge is 0.478 e. The first kappa shape index (κ1) is 16.2. The molecule has 0 radical (unpaired) electrons. The summed E-state index contributed by atoms with van der Waals surface area (Å²) < 4.78 is 0. The summed E-state index contributed by atoms with van der Waals surface area (Å²) >= 11 is 5.95. The maximum atomic E-state index is 11.5. The predicted octanol–water partition coefficient (Wildman–Crippen LogP) is 4.98. The van der Waals surface area contributed by atoms with Crippen LogP contribution in [-0.4, -0.2) is 24.2 Å². The third kappa shape index (κ3) is 4.92. The molecule has 1 heterocycles. The molecule has 3 nitrogen and oxygen atoms in total. The summed E-state index contributed by atoms with van der Waals surface area (Å²) in [5, 5.41) is 9.89. The maximum Gasteiger partial charge on any atom is 0.337 e. The van der Waals surface area contributed by atoms with Crippen LogP contribution in [0.1, 0.15) is 61.7 Å². The van der Waals surface area contributed by atoms with E-state index in [0.29, 0.717) is 10.6 Å². The molecule has 4 heteroatoms. The molecule has 0 unspecified atom stereocenters. The first-order chi connectivity index (χ1) is 10.2. The number of carbonyl (C=O) groups is 1. The summed E-state index contributed by atoms with van der Waals surface area (Å²) in [7, 11) is 0. The van der Waals surface area contributed by atoms with Gasteiger partial charge >= 0.3 is 5.97 Å². The number of benzene rings is 1. The monoisotopic (exact) mass is 309 g/mol. The number of rotatable bonds is 2. The molecule has 0 saturated carbocycles. The van der Waals surface area contributed by atoms with Gasteiger partial charge in [0.15, 0.2) is 0 Å². The quantitative estimate of drug-likeness (QED) is 0.837. The van der Waals surface area contributed by atoms with Gasteiger partial charge in [-0.05, 0) is 31.0 Å². The van der Waals surface area contributed by atoms with Gasteiger partial charge in [0.2, 0.25) is 0 Å². The van der Waals surface area contributed by atoms with Gasteiger partial charge in [0, 0.05) is 18.1 Å². The number of aromatic carboxylic acids is 1. The zero-order valence-corrected chi connectivity index (χ0v) is 13.2. The van der Waals surface area contributed by atoms with Crippen LogP contribution in [0.15, 0.2) is 18.2 Å². The van der Waals surface area contributed by atoms with Crippen LogP contribution in [0.25, 0.3) is 0 Å². The lowest BCUT2D eigenvalue weighted by atomic mass is 10.1. The lowest BCUT2D eigenvalue weighted by Gasteiger charge is -2.26. The molecule has 1 aromatic rings. The molecule has 0 atom stereocenters. The molecular formula is C17H24ClNO2.